The molecule has 1 aromatic rings. The Morgan fingerprint density at radius 3 is 2.72 bits per heavy atom. The van der Waals surface area contributed by atoms with Crippen LogP contribution < -0.4 is 5.32 Å². The van der Waals surface area contributed by atoms with Gasteiger partial charge in [-0.05, 0) is 74.2 Å². The predicted molar refractivity (Wildman–Crippen MR) is 71.9 cm³/mol. The number of halogens is 1. The summed E-state index contributed by atoms with van der Waals surface area (Å²) in [5.41, 5.74) is 2.37. The fraction of sp³-hybridized carbons (Fsp3) is 0.625. The molecule has 98 valence electrons. The highest BCUT2D eigenvalue weighted by Crippen LogP contribution is 2.52. The molecule has 2 fully saturated rings. The first-order chi connectivity index (χ1) is 8.69. The second-order valence-corrected chi connectivity index (χ2v) is 6.11. The lowest BCUT2D eigenvalue weighted by atomic mass is 9.79. The molecule has 1 N–H and O–H groups in total. The Morgan fingerprint density at radius 2 is 2.11 bits per heavy atom. The standard InChI is InChI=1S/C16H22FN/c1-10-3-6-13(17)9-14(10)16(18-2)15-8-11-4-5-12(15)7-11/h3,6,9,11-12,15-16,18H,4-5,7-8H2,1-2H3. The lowest BCUT2D eigenvalue weighted by molar-refractivity contribution is 0.258. The lowest BCUT2D eigenvalue weighted by Crippen LogP contribution is -2.29. The molecule has 1 nitrogen and oxygen atoms in total. The van der Waals surface area contributed by atoms with Crippen molar-refractivity contribution in [3.63, 3.8) is 0 Å². The maximum absolute atomic E-state index is 13.5. The Morgan fingerprint density at radius 1 is 1.28 bits per heavy atom. The quantitative estimate of drug-likeness (QED) is 0.856. The second-order valence-electron chi connectivity index (χ2n) is 6.11. The Bertz CT molecular complexity index is 443. The first kappa shape index (κ1) is 12.2. The molecule has 0 spiro atoms. The normalized spacial score (nSPS) is 31.8. The third-order valence-electron chi connectivity index (χ3n) is 5.11. The van der Waals surface area contributed by atoms with E-state index in [1.54, 1.807) is 12.1 Å². The number of hydrogen-bond donors (Lipinski definition) is 1. The third-order valence-corrected chi connectivity index (χ3v) is 5.11. The van der Waals surface area contributed by atoms with Crippen LogP contribution in [0.2, 0.25) is 0 Å². The molecule has 0 heterocycles. The van der Waals surface area contributed by atoms with E-state index in [0.29, 0.717) is 12.0 Å². The molecule has 2 saturated carbocycles. The van der Waals surface area contributed by atoms with E-state index in [1.165, 1.54) is 31.2 Å². The average molecular weight is 247 g/mol. The van der Waals surface area contributed by atoms with Gasteiger partial charge in [0.1, 0.15) is 5.82 Å². The molecular weight excluding hydrogens is 225 g/mol. The van der Waals surface area contributed by atoms with Gasteiger partial charge in [-0.1, -0.05) is 12.5 Å². The zero-order chi connectivity index (χ0) is 12.7. The van der Waals surface area contributed by atoms with Gasteiger partial charge < -0.3 is 5.32 Å². The number of fused-ring (bicyclic) bond motifs is 2. The lowest BCUT2D eigenvalue weighted by Gasteiger charge is -2.31. The van der Waals surface area contributed by atoms with Gasteiger partial charge in [0.15, 0.2) is 0 Å². The van der Waals surface area contributed by atoms with Crippen molar-refractivity contribution in [2.24, 2.45) is 17.8 Å². The summed E-state index contributed by atoms with van der Waals surface area (Å²) >= 11 is 0. The van der Waals surface area contributed by atoms with Crippen molar-refractivity contribution in [1.29, 1.82) is 0 Å². The largest absolute Gasteiger partial charge is 0.313 e. The van der Waals surface area contributed by atoms with E-state index in [9.17, 15) is 4.39 Å². The molecule has 0 aliphatic heterocycles. The van der Waals surface area contributed by atoms with Gasteiger partial charge in [-0.3, -0.25) is 0 Å². The van der Waals surface area contributed by atoms with Crippen LogP contribution in [0.15, 0.2) is 18.2 Å². The van der Waals surface area contributed by atoms with Gasteiger partial charge in [-0.15, -0.1) is 0 Å². The van der Waals surface area contributed by atoms with Crippen molar-refractivity contribution in [3.8, 4) is 0 Å². The first-order valence-corrected chi connectivity index (χ1v) is 7.12. The maximum Gasteiger partial charge on any atom is 0.123 e. The summed E-state index contributed by atoms with van der Waals surface area (Å²) in [7, 11) is 2.01. The van der Waals surface area contributed by atoms with Gasteiger partial charge in [-0.2, -0.15) is 0 Å². The first-order valence-electron chi connectivity index (χ1n) is 7.12. The van der Waals surface area contributed by atoms with E-state index in [1.807, 2.05) is 13.1 Å². The molecule has 18 heavy (non-hydrogen) atoms. The average Bonchev–Trinajstić information content (AvgIpc) is 2.97. The minimum atomic E-state index is -0.112. The third kappa shape index (κ3) is 1.97. The van der Waals surface area contributed by atoms with Crippen LogP contribution in [0.4, 0.5) is 4.39 Å². The van der Waals surface area contributed by atoms with E-state index < -0.39 is 0 Å². The summed E-state index contributed by atoms with van der Waals surface area (Å²) in [6.45, 7) is 2.09. The summed E-state index contributed by atoms with van der Waals surface area (Å²) in [6, 6.07) is 5.52. The molecule has 0 radical (unpaired) electrons. The highest BCUT2D eigenvalue weighted by molar-refractivity contribution is 5.30. The van der Waals surface area contributed by atoms with Gasteiger partial charge >= 0.3 is 0 Å². The van der Waals surface area contributed by atoms with Crippen molar-refractivity contribution in [2.75, 3.05) is 7.05 Å². The fourth-order valence-corrected chi connectivity index (χ4v) is 4.25. The van der Waals surface area contributed by atoms with Crippen LogP contribution in [0, 0.1) is 30.5 Å². The number of hydrogen-bond acceptors (Lipinski definition) is 1. The van der Waals surface area contributed by atoms with E-state index in [-0.39, 0.29) is 5.82 Å². The number of nitrogens with one attached hydrogen (secondary N) is 1. The minimum Gasteiger partial charge on any atom is -0.313 e. The number of rotatable bonds is 3. The molecule has 0 saturated heterocycles. The van der Waals surface area contributed by atoms with Crippen LogP contribution in [0.5, 0.6) is 0 Å². The van der Waals surface area contributed by atoms with Crippen molar-refractivity contribution in [1.82, 2.24) is 5.32 Å². The van der Waals surface area contributed by atoms with Gasteiger partial charge in [-0.25, -0.2) is 4.39 Å². The molecule has 3 rings (SSSR count). The van der Waals surface area contributed by atoms with E-state index in [4.69, 9.17) is 0 Å². The second kappa shape index (κ2) is 4.65. The molecule has 2 bridgehead atoms. The topological polar surface area (TPSA) is 12.0 Å². The van der Waals surface area contributed by atoms with Crippen LogP contribution >= 0.6 is 0 Å². The molecule has 0 aromatic heterocycles. The summed E-state index contributed by atoms with van der Waals surface area (Å²) in [5, 5.41) is 3.45. The Hall–Kier alpha value is -0.890. The van der Waals surface area contributed by atoms with Crippen LogP contribution in [0.1, 0.15) is 42.9 Å². The monoisotopic (exact) mass is 247 g/mol. The molecule has 1 aromatic carbocycles. The molecule has 4 unspecified atom stereocenters. The summed E-state index contributed by atoms with van der Waals surface area (Å²) < 4.78 is 13.5. The Kier molecular flexibility index (Phi) is 3.14. The van der Waals surface area contributed by atoms with Gasteiger partial charge in [0.05, 0.1) is 0 Å². The maximum atomic E-state index is 13.5. The van der Waals surface area contributed by atoms with Crippen molar-refractivity contribution >= 4 is 0 Å². The minimum absolute atomic E-state index is 0.112. The molecule has 2 heteroatoms. The highest BCUT2D eigenvalue weighted by Gasteiger charge is 2.43. The Balaban J connectivity index is 1.90. The van der Waals surface area contributed by atoms with Gasteiger partial charge in [0, 0.05) is 6.04 Å². The molecule has 4 atom stereocenters. The zero-order valence-corrected chi connectivity index (χ0v) is 11.2. The van der Waals surface area contributed by atoms with Crippen LogP contribution in [0.3, 0.4) is 0 Å². The summed E-state index contributed by atoms with van der Waals surface area (Å²) in [6.07, 6.45) is 5.52. The molecular formula is C16H22FN. The molecule has 0 amide bonds. The number of benzene rings is 1. The van der Waals surface area contributed by atoms with E-state index in [0.717, 1.165) is 17.4 Å². The summed E-state index contributed by atoms with van der Waals surface area (Å²) in [5.74, 6) is 2.38. The number of aryl methyl sites for hydroxylation is 1. The molecule has 2 aliphatic carbocycles. The molecule has 2 aliphatic rings. The Labute approximate surface area is 109 Å². The van der Waals surface area contributed by atoms with Crippen LogP contribution in [0.25, 0.3) is 0 Å². The van der Waals surface area contributed by atoms with Crippen molar-refractivity contribution in [2.45, 2.75) is 38.6 Å². The van der Waals surface area contributed by atoms with E-state index in [2.05, 4.69) is 12.2 Å². The highest BCUT2D eigenvalue weighted by atomic mass is 19.1. The van der Waals surface area contributed by atoms with Gasteiger partial charge in [0.25, 0.3) is 0 Å². The fourth-order valence-electron chi connectivity index (χ4n) is 4.25. The van der Waals surface area contributed by atoms with Crippen molar-refractivity contribution in [3.05, 3.63) is 35.1 Å². The zero-order valence-electron chi connectivity index (χ0n) is 11.2. The van der Waals surface area contributed by atoms with Crippen molar-refractivity contribution < 1.29 is 4.39 Å². The van der Waals surface area contributed by atoms with Gasteiger partial charge in [0.2, 0.25) is 0 Å². The predicted octanol–water partition coefficient (Wildman–Crippen LogP) is 3.83. The SMILES string of the molecule is CNC(c1cc(F)ccc1C)C1CC2CCC1C2. The van der Waals surface area contributed by atoms with Crippen LogP contribution in [-0.2, 0) is 0 Å². The van der Waals surface area contributed by atoms with E-state index >= 15 is 0 Å². The smallest absolute Gasteiger partial charge is 0.123 e. The van der Waals surface area contributed by atoms with Crippen LogP contribution in [-0.4, -0.2) is 7.05 Å². The summed E-state index contributed by atoms with van der Waals surface area (Å²) in [4.78, 5) is 0.